The molecule has 0 fully saturated rings. The van der Waals surface area contributed by atoms with Crippen LogP contribution in [-0.2, 0) is 6.54 Å². The molecule has 0 aliphatic rings. The maximum atomic E-state index is 6.21. The average molecular weight is 345 g/mol. The van der Waals surface area contributed by atoms with Crippen LogP contribution in [0.2, 0.25) is 15.1 Å². The van der Waals surface area contributed by atoms with Crippen molar-refractivity contribution < 1.29 is 4.74 Å². The molecule has 112 valence electrons. The van der Waals surface area contributed by atoms with Crippen LogP contribution in [0.5, 0.6) is 5.75 Å². The standard InChI is InChI=1S/C16H16Cl3NO/c1-10(2)21-16-4-3-11(5-15(16)19)9-20-14-7-12(17)6-13(18)8-14/h3-8,10,20H,9H2,1-2H3. The molecule has 0 bridgehead atoms. The Balaban J connectivity index is 2.05. The average Bonchev–Trinajstić information content (AvgIpc) is 2.38. The summed E-state index contributed by atoms with van der Waals surface area (Å²) in [5.41, 5.74) is 1.92. The summed E-state index contributed by atoms with van der Waals surface area (Å²) in [6.07, 6.45) is 0.0973. The number of benzene rings is 2. The molecule has 21 heavy (non-hydrogen) atoms. The molecule has 2 nitrogen and oxygen atoms in total. The SMILES string of the molecule is CC(C)Oc1ccc(CNc2cc(Cl)cc(Cl)c2)cc1Cl. The van der Waals surface area contributed by atoms with E-state index >= 15 is 0 Å². The first kappa shape index (κ1) is 16.3. The molecule has 0 aromatic heterocycles. The molecule has 0 radical (unpaired) electrons. The van der Waals surface area contributed by atoms with Crippen LogP contribution >= 0.6 is 34.8 Å². The fourth-order valence-electron chi connectivity index (χ4n) is 1.86. The molecule has 0 unspecified atom stereocenters. The maximum Gasteiger partial charge on any atom is 0.138 e. The topological polar surface area (TPSA) is 21.3 Å². The monoisotopic (exact) mass is 343 g/mol. The Labute approximate surface area is 140 Å². The van der Waals surface area contributed by atoms with E-state index in [-0.39, 0.29) is 6.10 Å². The van der Waals surface area contributed by atoms with Gasteiger partial charge in [0.2, 0.25) is 0 Å². The number of halogens is 3. The molecule has 5 heteroatoms. The quantitative estimate of drug-likeness (QED) is 0.713. The molecule has 2 rings (SSSR count). The lowest BCUT2D eigenvalue weighted by atomic mass is 10.2. The lowest BCUT2D eigenvalue weighted by Gasteiger charge is -2.13. The zero-order valence-electron chi connectivity index (χ0n) is 11.8. The van der Waals surface area contributed by atoms with E-state index in [0.717, 1.165) is 11.3 Å². The summed E-state index contributed by atoms with van der Waals surface area (Å²) in [5, 5.41) is 5.07. The highest BCUT2D eigenvalue weighted by Crippen LogP contribution is 2.27. The zero-order valence-corrected chi connectivity index (χ0v) is 14.1. The van der Waals surface area contributed by atoms with E-state index in [1.54, 1.807) is 6.07 Å². The van der Waals surface area contributed by atoms with Crippen molar-refractivity contribution in [1.29, 1.82) is 0 Å². The predicted molar refractivity (Wildman–Crippen MR) is 91.0 cm³/mol. The largest absolute Gasteiger partial charge is 0.489 e. The van der Waals surface area contributed by atoms with Gasteiger partial charge in [0.25, 0.3) is 0 Å². The van der Waals surface area contributed by atoms with Gasteiger partial charge in [0, 0.05) is 22.3 Å². The number of hydrogen-bond donors (Lipinski definition) is 1. The number of nitrogens with one attached hydrogen (secondary N) is 1. The van der Waals surface area contributed by atoms with Crippen molar-refractivity contribution in [3.63, 3.8) is 0 Å². The molecule has 0 aliphatic carbocycles. The molecular formula is C16H16Cl3NO. The van der Waals surface area contributed by atoms with Crippen LogP contribution in [0.15, 0.2) is 36.4 Å². The third-order valence-electron chi connectivity index (χ3n) is 2.72. The fourth-order valence-corrected chi connectivity index (χ4v) is 2.64. The number of rotatable bonds is 5. The second-order valence-corrected chi connectivity index (χ2v) is 6.22. The first-order valence-corrected chi connectivity index (χ1v) is 7.72. The molecule has 0 atom stereocenters. The van der Waals surface area contributed by atoms with Crippen LogP contribution < -0.4 is 10.1 Å². The summed E-state index contributed by atoms with van der Waals surface area (Å²) in [5.74, 6) is 0.696. The van der Waals surface area contributed by atoms with E-state index < -0.39 is 0 Å². The Morgan fingerprint density at radius 2 is 1.67 bits per heavy atom. The van der Waals surface area contributed by atoms with Gasteiger partial charge in [-0.3, -0.25) is 0 Å². The maximum absolute atomic E-state index is 6.21. The molecule has 2 aromatic carbocycles. The fraction of sp³-hybridized carbons (Fsp3) is 0.250. The van der Waals surface area contributed by atoms with Crippen LogP contribution in [0.25, 0.3) is 0 Å². The van der Waals surface area contributed by atoms with Crippen molar-refractivity contribution in [1.82, 2.24) is 0 Å². The number of ether oxygens (including phenoxy) is 1. The third kappa shape index (κ3) is 4.99. The van der Waals surface area contributed by atoms with E-state index in [2.05, 4.69) is 5.32 Å². The Bertz CT molecular complexity index is 609. The van der Waals surface area contributed by atoms with Gasteiger partial charge in [-0.1, -0.05) is 40.9 Å². The van der Waals surface area contributed by atoms with Gasteiger partial charge in [-0.15, -0.1) is 0 Å². The second kappa shape index (κ2) is 7.26. The van der Waals surface area contributed by atoms with Gasteiger partial charge in [0.15, 0.2) is 0 Å². The Morgan fingerprint density at radius 1 is 1.00 bits per heavy atom. The number of anilines is 1. The van der Waals surface area contributed by atoms with Gasteiger partial charge in [0.1, 0.15) is 5.75 Å². The van der Waals surface area contributed by atoms with Gasteiger partial charge >= 0.3 is 0 Å². The van der Waals surface area contributed by atoms with E-state index in [9.17, 15) is 0 Å². The smallest absolute Gasteiger partial charge is 0.138 e. The van der Waals surface area contributed by atoms with Gasteiger partial charge in [-0.05, 0) is 49.7 Å². The summed E-state index contributed by atoms with van der Waals surface area (Å²) in [6, 6.07) is 11.1. The molecule has 2 aromatic rings. The minimum Gasteiger partial charge on any atom is -0.489 e. The third-order valence-corrected chi connectivity index (χ3v) is 3.45. The summed E-state index contributed by atoms with van der Waals surface area (Å²) < 4.78 is 5.61. The summed E-state index contributed by atoms with van der Waals surface area (Å²) in [7, 11) is 0. The van der Waals surface area contributed by atoms with Crippen LogP contribution in [0, 0.1) is 0 Å². The highest BCUT2D eigenvalue weighted by atomic mass is 35.5. The Hall–Kier alpha value is -1.09. The minimum absolute atomic E-state index is 0.0973. The highest BCUT2D eigenvalue weighted by molar-refractivity contribution is 6.35. The molecule has 0 saturated carbocycles. The molecule has 0 spiro atoms. The van der Waals surface area contributed by atoms with Crippen LogP contribution in [-0.4, -0.2) is 6.10 Å². The lowest BCUT2D eigenvalue weighted by Crippen LogP contribution is -2.06. The second-order valence-electron chi connectivity index (χ2n) is 4.94. The van der Waals surface area contributed by atoms with E-state index in [4.69, 9.17) is 39.5 Å². The summed E-state index contributed by atoms with van der Waals surface area (Å²) >= 11 is 18.1. The first-order chi connectivity index (χ1) is 9.94. The van der Waals surface area contributed by atoms with E-state index in [1.165, 1.54) is 0 Å². The van der Waals surface area contributed by atoms with Crippen molar-refractivity contribution in [3.05, 3.63) is 57.0 Å². The molecule has 0 heterocycles. The lowest BCUT2D eigenvalue weighted by molar-refractivity contribution is 0.242. The van der Waals surface area contributed by atoms with Crippen molar-refractivity contribution in [2.45, 2.75) is 26.5 Å². The normalized spacial score (nSPS) is 10.8. The zero-order chi connectivity index (χ0) is 15.4. The predicted octanol–water partition coefficient (Wildman–Crippen LogP) is 6.05. The van der Waals surface area contributed by atoms with Crippen molar-refractivity contribution in [3.8, 4) is 5.75 Å². The molecule has 0 amide bonds. The van der Waals surface area contributed by atoms with Crippen LogP contribution in [0.3, 0.4) is 0 Å². The Kier molecular flexibility index (Phi) is 5.63. The molecule has 0 aliphatic heterocycles. The molecular weight excluding hydrogens is 329 g/mol. The number of hydrogen-bond acceptors (Lipinski definition) is 2. The molecule has 0 saturated heterocycles. The van der Waals surface area contributed by atoms with Crippen molar-refractivity contribution in [2.75, 3.05) is 5.32 Å². The first-order valence-electron chi connectivity index (χ1n) is 6.59. The minimum atomic E-state index is 0.0973. The van der Waals surface area contributed by atoms with Crippen LogP contribution in [0.1, 0.15) is 19.4 Å². The van der Waals surface area contributed by atoms with E-state index in [1.807, 2.05) is 44.2 Å². The van der Waals surface area contributed by atoms with Gasteiger partial charge in [0.05, 0.1) is 11.1 Å². The van der Waals surface area contributed by atoms with Gasteiger partial charge < -0.3 is 10.1 Å². The summed E-state index contributed by atoms with van der Waals surface area (Å²) in [6.45, 7) is 4.56. The van der Waals surface area contributed by atoms with Crippen LogP contribution in [0.4, 0.5) is 5.69 Å². The van der Waals surface area contributed by atoms with Gasteiger partial charge in [-0.25, -0.2) is 0 Å². The molecule has 1 N–H and O–H groups in total. The summed E-state index contributed by atoms with van der Waals surface area (Å²) in [4.78, 5) is 0. The van der Waals surface area contributed by atoms with Crippen molar-refractivity contribution in [2.24, 2.45) is 0 Å². The van der Waals surface area contributed by atoms with E-state index in [0.29, 0.717) is 27.4 Å². The van der Waals surface area contributed by atoms with Crippen molar-refractivity contribution >= 4 is 40.5 Å². The highest BCUT2D eigenvalue weighted by Gasteiger charge is 2.05. The van der Waals surface area contributed by atoms with Gasteiger partial charge in [-0.2, -0.15) is 0 Å². The Morgan fingerprint density at radius 3 is 2.24 bits per heavy atom.